The molecule has 0 fully saturated rings. The molecule has 1 aromatic rings. The van der Waals surface area contributed by atoms with Gasteiger partial charge < -0.3 is 19.5 Å². The average molecular weight is 265 g/mol. The summed E-state index contributed by atoms with van der Waals surface area (Å²) in [6, 6.07) is 8.00. The largest absolute Gasteiger partial charge is 0.388 e. The number of hydrogen-bond donors (Lipinski definition) is 1. The highest BCUT2D eigenvalue weighted by molar-refractivity contribution is 5.56. The first-order valence-corrected chi connectivity index (χ1v) is 7.01. The van der Waals surface area contributed by atoms with Crippen molar-refractivity contribution in [1.29, 1.82) is 0 Å². The van der Waals surface area contributed by atoms with E-state index in [9.17, 15) is 5.11 Å². The van der Waals surface area contributed by atoms with Gasteiger partial charge in [0.1, 0.15) is 0 Å². The Balaban J connectivity index is 2.10. The average Bonchev–Trinajstić information content (AvgIpc) is 2.43. The van der Waals surface area contributed by atoms with Crippen molar-refractivity contribution in [3.8, 4) is 0 Å². The predicted octanol–water partition coefficient (Wildman–Crippen LogP) is 2.33. The normalized spacial score (nSPS) is 18.7. The van der Waals surface area contributed by atoms with E-state index in [1.165, 1.54) is 0 Å². The minimum atomic E-state index is -0.356. The highest BCUT2D eigenvalue weighted by Gasteiger charge is 2.25. The number of fused-ring (bicyclic) bond motifs is 1. The second kappa shape index (κ2) is 6.89. The summed E-state index contributed by atoms with van der Waals surface area (Å²) >= 11 is 0. The minimum absolute atomic E-state index is 0.210. The van der Waals surface area contributed by atoms with Gasteiger partial charge in [-0.1, -0.05) is 18.2 Å². The van der Waals surface area contributed by atoms with Crippen LogP contribution in [0.1, 0.15) is 31.9 Å². The molecule has 1 N–H and O–H groups in total. The molecule has 1 heterocycles. The molecule has 0 aromatic heterocycles. The van der Waals surface area contributed by atoms with Gasteiger partial charge >= 0.3 is 0 Å². The molecular formula is C15H23NO3. The van der Waals surface area contributed by atoms with Crippen LogP contribution in [0.2, 0.25) is 0 Å². The SMILES string of the molecule is CCOC(CN1CCC(O)c2ccccc21)OCC. The number of ether oxygens (including phenoxy) is 2. The number of nitrogens with zero attached hydrogens (tertiary/aromatic N) is 1. The van der Waals surface area contributed by atoms with Crippen molar-refractivity contribution < 1.29 is 14.6 Å². The second-order valence-corrected chi connectivity index (χ2v) is 4.65. The molecule has 1 aliphatic heterocycles. The van der Waals surface area contributed by atoms with Gasteiger partial charge in [-0.3, -0.25) is 0 Å². The summed E-state index contributed by atoms with van der Waals surface area (Å²) in [4.78, 5) is 2.23. The van der Waals surface area contributed by atoms with Crippen LogP contribution in [0.3, 0.4) is 0 Å². The van der Waals surface area contributed by atoms with Gasteiger partial charge in [0.2, 0.25) is 0 Å². The fourth-order valence-corrected chi connectivity index (χ4v) is 2.51. The zero-order chi connectivity index (χ0) is 13.7. The molecule has 4 nitrogen and oxygen atoms in total. The number of aliphatic hydroxyl groups is 1. The van der Waals surface area contributed by atoms with Crippen LogP contribution >= 0.6 is 0 Å². The van der Waals surface area contributed by atoms with Gasteiger partial charge in [0, 0.05) is 31.0 Å². The lowest BCUT2D eigenvalue weighted by molar-refractivity contribution is -0.129. The van der Waals surface area contributed by atoms with Crippen LogP contribution in [0.5, 0.6) is 0 Å². The van der Waals surface area contributed by atoms with Crippen LogP contribution in [-0.2, 0) is 9.47 Å². The van der Waals surface area contributed by atoms with Crippen molar-refractivity contribution in [2.24, 2.45) is 0 Å². The molecular weight excluding hydrogens is 242 g/mol. The Hall–Kier alpha value is -1.10. The van der Waals surface area contributed by atoms with E-state index in [-0.39, 0.29) is 12.4 Å². The molecule has 19 heavy (non-hydrogen) atoms. The molecule has 0 radical (unpaired) electrons. The molecule has 106 valence electrons. The Kier molecular flexibility index (Phi) is 5.19. The first-order valence-electron chi connectivity index (χ1n) is 7.01. The highest BCUT2D eigenvalue weighted by atomic mass is 16.7. The molecule has 1 aliphatic rings. The van der Waals surface area contributed by atoms with Crippen LogP contribution < -0.4 is 4.90 Å². The van der Waals surface area contributed by atoms with Crippen LogP contribution in [0, 0.1) is 0 Å². The number of anilines is 1. The number of benzene rings is 1. The van der Waals surface area contributed by atoms with E-state index in [2.05, 4.69) is 4.90 Å². The lowest BCUT2D eigenvalue weighted by atomic mass is 9.99. The lowest BCUT2D eigenvalue weighted by Crippen LogP contribution is -2.39. The van der Waals surface area contributed by atoms with Crippen molar-refractivity contribution in [1.82, 2.24) is 0 Å². The fraction of sp³-hybridized carbons (Fsp3) is 0.600. The van der Waals surface area contributed by atoms with E-state index in [0.29, 0.717) is 19.8 Å². The number of hydrogen-bond acceptors (Lipinski definition) is 4. The molecule has 0 amide bonds. The van der Waals surface area contributed by atoms with E-state index in [4.69, 9.17) is 9.47 Å². The summed E-state index contributed by atoms with van der Waals surface area (Å²) in [6.07, 6.45) is 0.186. The van der Waals surface area contributed by atoms with Crippen LogP contribution in [0.25, 0.3) is 0 Å². The molecule has 0 saturated carbocycles. The zero-order valence-corrected chi connectivity index (χ0v) is 11.7. The van der Waals surface area contributed by atoms with E-state index < -0.39 is 0 Å². The monoisotopic (exact) mass is 265 g/mol. The first-order chi connectivity index (χ1) is 9.26. The Labute approximate surface area is 114 Å². The predicted molar refractivity (Wildman–Crippen MR) is 75.3 cm³/mol. The third-order valence-corrected chi connectivity index (χ3v) is 3.38. The molecule has 1 atom stereocenters. The van der Waals surface area contributed by atoms with Crippen LogP contribution in [0.15, 0.2) is 24.3 Å². The van der Waals surface area contributed by atoms with Gasteiger partial charge in [0.25, 0.3) is 0 Å². The summed E-state index contributed by atoms with van der Waals surface area (Å²) in [6.45, 7) is 6.76. The molecule has 0 bridgehead atoms. The fourth-order valence-electron chi connectivity index (χ4n) is 2.51. The van der Waals surface area contributed by atoms with Crippen molar-refractivity contribution in [2.45, 2.75) is 32.7 Å². The smallest absolute Gasteiger partial charge is 0.174 e. The molecule has 1 unspecified atom stereocenters. The van der Waals surface area contributed by atoms with E-state index in [1.807, 2.05) is 38.1 Å². The van der Waals surface area contributed by atoms with Crippen LogP contribution in [-0.4, -0.2) is 37.7 Å². The van der Waals surface area contributed by atoms with Gasteiger partial charge in [-0.2, -0.15) is 0 Å². The molecule has 2 rings (SSSR count). The summed E-state index contributed by atoms with van der Waals surface area (Å²) in [5.74, 6) is 0. The maximum Gasteiger partial charge on any atom is 0.174 e. The minimum Gasteiger partial charge on any atom is -0.388 e. The molecule has 0 saturated heterocycles. The summed E-state index contributed by atoms with van der Waals surface area (Å²) in [7, 11) is 0. The maximum atomic E-state index is 10.0. The third kappa shape index (κ3) is 3.47. The third-order valence-electron chi connectivity index (χ3n) is 3.38. The number of rotatable bonds is 6. The summed E-state index contributed by atoms with van der Waals surface area (Å²) in [5, 5.41) is 10.0. The van der Waals surface area contributed by atoms with Crippen LogP contribution in [0.4, 0.5) is 5.69 Å². The number of aliphatic hydroxyl groups excluding tert-OH is 1. The zero-order valence-electron chi connectivity index (χ0n) is 11.7. The van der Waals surface area contributed by atoms with Crippen molar-refractivity contribution in [3.63, 3.8) is 0 Å². The Bertz CT molecular complexity index is 391. The Morgan fingerprint density at radius 2 is 1.95 bits per heavy atom. The van der Waals surface area contributed by atoms with Crippen molar-refractivity contribution >= 4 is 5.69 Å². The van der Waals surface area contributed by atoms with Gasteiger partial charge in [0.15, 0.2) is 6.29 Å². The topological polar surface area (TPSA) is 41.9 Å². The van der Waals surface area contributed by atoms with Gasteiger partial charge in [-0.05, 0) is 26.3 Å². The standard InChI is InChI=1S/C15H23NO3/c1-3-18-15(19-4-2)11-16-10-9-14(17)12-7-5-6-8-13(12)16/h5-8,14-15,17H,3-4,9-11H2,1-2H3. The molecule has 1 aromatic carbocycles. The molecule has 4 heteroatoms. The molecule has 0 spiro atoms. The summed E-state index contributed by atoms with van der Waals surface area (Å²) < 4.78 is 11.2. The quantitative estimate of drug-likeness (QED) is 0.802. The van der Waals surface area contributed by atoms with E-state index in [0.717, 1.165) is 24.2 Å². The van der Waals surface area contributed by atoms with Gasteiger partial charge in [0.05, 0.1) is 12.6 Å². The Morgan fingerprint density at radius 1 is 1.26 bits per heavy atom. The van der Waals surface area contributed by atoms with Crippen molar-refractivity contribution in [3.05, 3.63) is 29.8 Å². The van der Waals surface area contributed by atoms with Gasteiger partial charge in [-0.15, -0.1) is 0 Å². The van der Waals surface area contributed by atoms with Gasteiger partial charge in [-0.25, -0.2) is 0 Å². The highest BCUT2D eigenvalue weighted by Crippen LogP contribution is 2.33. The van der Waals surface area contributed by atoms with E-state index >= 15 is 0 Å². The Morgan fingerprint density at radius 3 is 2.63 bits per heavy atom. The summed E-state index contributed by atoms with van der Waals surface area (Å²) in [5.41, 5.74) is 2.09. The molecule has 0 aliphatic carbocycles. The van der Waals surface area contributed by atoms with Crippen molar-refractivity contribution in [2.75, 3.05) is 31.2 Å². The van der Waals surface area contributed by atoms with E-state index in [1.54, 1.807) is 0 Å². The number of para-hydroxylation sites is 1. The lowest BCUT2D eigenvalue weighted by Gasteiger charge is -2.35. The first kappa shape index (κ1) is 14.3. The maximum absolute atomic E-state index is 10.0. The second-order valence-electron chi connectivity index (χ2n) is 4.65.